The van der Waals surface area contributed by atoms with E-state index in [2.05, 4.69) is 20.3 Å². The molecule has 0 saturated heterocycles. The third-order valence-corrected chi connectivity index (χ3v) is 4.10. The van der Waals surface area contributed by atoms with Gasteiger partial charge in [0.2, 0.25) is 0 Å². The van der Waals surface area contributed by atoms with Crippen LogP contribution in [0.5, 0.6) is 5.75 Å². The van der Waals surface area contributed by atoms with Gasteiger partial charge in [-0.3, -0.25) is 4.79 Å². The highest BCUT2D eigenvalue weighted by atomic mass is 16.5. The van der Waals surface area contributed by atoms with Gasteiger partial charge in [0.15, 0.2) is 0 Å². The van der Waals surface area contributed by atoms with Crippen LogP contribution in [0.2, 0.25) is 0 Å². The van der Waals surface area contributed by atoms with Gasteiger partial charge in [0.05, 0.1) is 19.0 Å². The summed E-state index contributed by atoms with van der Waals surface area (Å²) in [5, 5.41) is 16.8. The van der Waals surface area contributed by atoms with E-state index in [1.54, 1.807) is 35.3 Å². The molecule has 26 heavy (non-hydrogen) atoms. The second-order valence-electron chi connectivity index (χ2n) is 6.06. The lowest BCUT2D eigenvalue weighted by atomic mass is 10.1. The van der Waals surface area contributed by atoms with Gasteiger partial charge in [-0.2, -0.15) is 0 Å². The zero-order chi connectivity index (χ0) is 18.1. The summed E-state index contributed by atoms with van der Waals surface area (Å²) < 4.78 is 7.46. The van der Waals surface area contributed by atoms with Gasteiger partial charge >= 0.3 is 5.97 Å². The van der Waals surface area contributed by atoms with Crippen molar-refractivity contribution in [2.45, 2.75) is 12.8 Å². The molecule has 1 aliphatic rings. The topological polar surface area (TPSA) is 123 Å². The smallest absolute Gasteiger partial charge is 0.342 e. The van der Waals surface area contributed by atoms with Gasteiger partial charge in [-0.25, -0.2) is 14.5 Å². The van der Waals surface area contributed by atoms with Crippen molar-refractivity contribution in [2.75, 3.05) is 6.61 Å². The number of nitrogens with zero attached hydrogens (tertiary/aromatic N) is 4. The summed E-state index contributed by atoms with van der Waals surface area (Å²) in [5.41, 5.74) is 0.141. The van der Waals surface area contributed by atoms with Gasteiger partial charge in [-0.05, 0) is 37.0 Å². The van der Waals surface area contributed by atoms with Gasteiger partial charge in [0.1, 0.15) is 22.8 Å². The summed E-state index contributed by atoms with van der Waals surface area (Å²) in [7, 11) is 0. The summed E-state index contributed by atoms with van der Waals surface area (Å²) in [6.07, 6.45) is 6.64. The summed E-state index contributed by atoms with van der Waals surface area (Å²) in [4.78, 5) is 29.4. The van der Waals surface area contributed by atoms with Crippen molar-refractivity contribution in [2.24, 2.45) is 5.92 Å². The van der Waals surface area contributed by atoms with Crippen LogP contribution in [0.1, 0.15) is 23.2 Å². The lowest BCUT2D eigenvalue weighted by Gasteiger charge is -2.12. The van der Waals surface area contributed by atoms with Gasteiger partial charge in [0.25, 0.3) is 5.56 Å². The molecule has 0 atom stereocenters. The number of ether oxygens (including phenoxy) is 1. The van der Waals surface area contributed by atoms with Crippen molar-refractivity contribution < 1.29 is 14.6 Å². The number of carbonyl (C=O) groups is 1. The number of aromatic nitrogens is 5. The summed E-state index contributed by atoms with van der Waals surface area (Å²) in [6.45, 7) is 0.642. The van der Waals surface area contributed by atoms with E-state index in [1.165, 1.54) is 12.8 Å². The minimum absolute atomic E-state index is 0.259. The average Bonchev–Trinajstić information content (AvgIpc) is 3.30. The summed E-state index contributed by atoms with van der Waals surface area (Å²) in [6, 6.07) is 5.29. The molecule has 2 N–H and O–H groups in total. The standard InChI is InChI=1S/C17H15N5O4/c23-16-12(17(24)25)8-18-15(20-16)11-3-4-14(26-9-10-1-2-10)13(7-11)22-6-5-19-21-22/h3-8,10H,1-2,9H2,(H,24,25)(H,18,20,23). The predicted molar refractivity (Wildman–Crippen MR) is 90.4 cm³/mol. The fourth-order valence-electron chi connectivity index (χ4n) is 2.49. The van der Waals surface area contributed by atoms with Gasteiger partial charge < -0.3 is 14.8 Å². The van der Waals surface area contributed by atoms with Crippen LogP contribution in [0.15, 0.2) is 41.6 Å². The summed E-state index contributed by atoms with van der Waals surface area (Å²) >= 11 is 0. The largest absolute Gasteiger partial charge is 0.491 e. The van der Waals surface area contributed by atoms with Crippen LogP contribution in [-0.2, 0) is 0 Å². The number of aromatic amines is 1. The van der Waals surface area contributed by atoms with E-state index in [9.17, 15) is 9.59 Å². The van der Waals surface area contributed by atoms with Gasteiger partial charge in [-0.15, -0.1) is 5.10 Å². The quantitative estimate of drug-likeness (QED) is 0.688. The molecule has 1 fully saturated rings. The van der Waals surface area contributed by atoms with Crippen LogP contribution in [-0.4, -0.2) is 42.6 Å². The molecule has 132 valence electrons. The van der Waals surface area contributed by atoms with E-state index in [1.807, 2.05) is 0 Å². The second kappa shape index (κ2) is 6.43. The van der Waals surface area contributed by atoms with Crippen LogP contribution < -0.4 is 10.3 Å². The Kier molecular flexibility index (Phi) is 3.96. The molecule has 0 spiro atoms. The Labute approximate surface area is 147 Å². The minimum atomic E-state index is -1.32. The van der Waals surface area contributed by atoms with Crippen molar-refractivity contribution in [1.82, 2.24) is 25.0 Å². The van der Waals surface area contributed by atoms with Crippen molar-refractivity contribution in [3.05, 3.63) is 52.7 Å². The first kappa shape index (κ1) is 16.0. The number of rotatable bonds is 6. The highest BCUT2D eigenvalue weighted by molar-refractivity contribution is 5.86. The van der Waals surface area contributed by atoms with E-state index < -0.39 is 17.1 Å². The van der Waals surface area contributed by atoms with E-state index >= 15 is 0 Å². The van der Waals surface area contributed by atoms with E-state index in [0.29, 0.717) is 29.5 Å². The molecule has 2 aromatic heterocycles. The summed E-state index contributed by atoms with van der Waals surface area (Å²) in [5.74, 6) is 0.183. The Morgan fingerprint density at radius 2 is 2.23 bits per heavy atom. The highest BCUT2D eigenvalue weighted by Crippen LogP contribution is 2.32. The highest BCUT2D eigenvalue weighted by Gasteiger charge is 2.23. The Balaban J connectivity index is 1.73. The lowest BCUT2D eigenvalue weighted by molar-refractivity contribution is 0.0694. The molecule has 4 rings (SSSR count). The monoisotopic (exact) mass is 353 g/mol. The number of carboxylic acid groups (broad SMARTS) is 1. The van der Waals surface area contributed by atoms with E-state index in [4.69, 9.17) is 9.84 Å². The van der Waals surface area contributed by atoms with Crippen LogP contribution in [0, 0.1) is 5.92 Å². The minimum Gasteiger partial charge on any atom is -0.491 e. The fraction of sp³-hybridized carbons (Fsp3) is 0.235. The van der Waals surface area contributed by atoms with Crippen molar-refractivity contribution in [3.63, 3.8) is 0 Å². The average molecular weight is 353 g/mol. The maximum atomic E-state index is 11.9. The van der Waals surface area contributed by atoms with Crippen molar-refractivity contribution >= 4 is 5.97 Å². The SMILES string of the molecule is O=C(O)c1cnc(-c2ccc(OCC3CC3)c(-n3ccnn3)c2)[nH]c1=O. The molecule has 0 bridgehead atoms. The van der Waals surface area contributed by atoms with Crippen LogP contribution in [0.4, 0.5) is 0 Å². The first-order valence-electron chi connectivity index (χ1n) is 8.08. The number of carboxylic acids is 1. The maximum Gasteiger partial charge on any atom is 0.342 e. The molecular formula is C17H15N5O4. The Morgan fingerprint density at radius 3 is 2.88 bits per heavy atom. The number of H-pyrrole nitrogens is 1. The van der Waals surface area contributed by atoms with E-state index in [-0.39, 0.29) is 5.82 Å². The van der Waals surface area contributed by atoms with Gasteiger partial charge in [0, 0.05) is 11.8 Å². The molecule has 0 radical (unpaired) electrons. The normalized spacial score (nSPS) is 13.5. The van der Waals surface area contributed by atoms with Gasteiger partial charge in [-0.1, -0.05) is 5.21 Å². The molecule has 2 heterocycles. The molecule has 0 aliphatic heterocycles. The molecule has 0 unspecified atom stereocenters. The van der Waals surface area contributed by atoms with Crippen LogP contribution in [0.25, 0.3) is 17.1 Å². The number of hydrogen-bond acceptors (Lipinski definition) is 6. The fourth-order valence-corrected chi connectivity index (χ4v) is 2.49. The third kappa shape index (κ3) is 3.18. The van der Waals surface area contributed by atoms with Crippen molar-refractivity contribution in [1.29, 1.82) is 0 Å². The predicted octanol–water partition coefficient (Wildman–Crippen LogP) is 1.50. The number of aromatic carboxylic acids is 1. The molecular weight excluding hydrogens is 338 g/mol. The number of hydrogen-bond donors (Lipinski definition) is 2. The van der Waals surface area contributed by atoms with Crippen LogP contribution in [0.3, 0.4) is 0 Å². The first-order chi connectivity index (χ1) is 12.6. The molecule has 1 aliphatic carbocycles. The Hall–Kier alpha value is -3.49. The molecule has 9 heteroatoms. The zero-order valence-corrected chi connectivity index (χ0v) is 13.6. The Bertz CT molecular complexity index is 1010. The number of benzene rings is 1. The molecule has 0 amide bonds. The van der Waals surface area contributed by atoms with Crippen molar-refractivity contribution in [3.8, 4) is 22.8 Å². The molecule has 1 saturated carbocycles. The third-order valence-electron chi connectivity index (χ3n) is 4.10. The number of nitrogens with one attached hydrogen (secondary N) is 1. The lowest BCUT2D eigenvalue weighted by Crippen LogP contribution is -2.18. The molecule has 1 aromatic carbocycles. The zero-order valence-electron chi connectivity index (χ0n) is 13.6. The maximum absolute atomic E-state index is 11.9. The van der Waals surface area contributed by atoms with Crippen LogP contribution >= 0.6 is 0 Å². The second-order valence-corrected chi connectivity index (χ2v) is 6.06. The van der Waals surface area contributed by atoms with E-state index in [0.717, 1.165) is 6.20 Å². The Morgan fingerprint density at radius 1 is 1.38 bits per heavy atom. The molecule has 3 aromatic rings. The molecule has 9 nitrogen and oxygen atoms in total. The first-order valence-corrected chi connectivity index (χ1v) is 8.08.